The number of nitriles is 1. The molecule has 0 aromatic heterocycles. The predicted molar refractivity (Wildman–Crippen MR) is 97.7 cm³/mol. The third kappa shape index (κ3) is 5.28. The maximum atomic E-state index is 12.7. The highest BCUT2D eigenvalue weighted by atomic mass is 19.3. The average molecular weight is 372 g/mol. The van der Waals surface area contributed by atoms with Crippen LogP contribution in [0.5, 0.6) is 11.5 Å². The second-order valence-corrected chi connectivity index (χ2v) is 5.43. The van der Waals surface area contributed by atoms with Gasteiger partial charge >= 0.3 is 6.61 Å². The smallest absolute Gasteiger partial charge is 0.387 e. The van der Waals surface area contributed by atoms with Crippen molar-refractivity contribution in [2.45, 2.75) is 20.0 Å². The molecule has 0 aliphatic heterocycles. The van der Waals surface area contributed by atoms with E-state index >= 15 is 0 Å². The first-order chi connectivity index (χ1) is 13.0. The zero-order chi connectivity index (χ0) is 19.8. The van der Waals surface area contributed by atoms with Gasteiger partial charge in [0.05, 0.1) is 7.11 Å². The van der Waals surface area contributed by atoms with E-state index in [0.29, 0.717) is 5.69 Å². The second kappa shape index (κ2) is 9.34. The van der Waals surface area contributed by atoms with Gasteiger partial charge in [0.15, 0.2) is 11.5 Å². The molecule has 7 heteroatoms. The summed E-state index contributed by atoms with van der Waals surface area (Å²) in [5, 5.41) is 11.9. The summed E-state index contributed by atoms with van der Waals surface area (Å²) in [5.41, 5.74) is 1.49. The van der Waals surface area contributed by atoms with Crippen LogP contribution in [0.4, 0.5) is 14.5 Å². The molecule has 0 saturated heterocycles. The van der Waals surface area contributed by atoms with Crippen LogP contribution in [0.2, 0.25) is 0 Å². The number of methoxy groups -OCH3 is 1. The summed E-state index contributed by atoms with van der Waals surface area (Å²) in [4.78, 5) is 12.4. The minimum Gasteiger partial charge on any atom is -0.493 e. The molecule has 0 aliphatic rings. The van der Waals surface area contributed by atoms with Crippen molar-refractivity contribution in [3.63, 3.8) is 0 Å². The molecule has 0 spiro atoms. The Morgan fingerprint density at radius 3 is 2.52 bits per heavy atom. The van der Waals surface area contributed by atoms with Gasteiger partial charge in [0.2, 0.25) is 0 Å². The number of alkyl halides is 2. The normalized spacial score (nSPS) is 11.0. The lowest BCUT2D eigenvalue weighted by Gasteiger charge is -2.12. The third-order valence-electron chi connectivity index (χ3n) is 3.72. The van der Waals surface area contributed by atoms with E-state index in [9.17, 15) is 18.8 Å². The molecule has 0 radical (unpaired) electrons. The van der Waals surface area contributed by atoms with Crippen LogP contribution in [0.3, 0.4) is 0 Å². The van der Waals surface area contributed by atoms with E-state index in [1.807, 2.05) is 19.1 Å². The van der Waals surface area contributed by atoms with Crippen LogP contribution >= 0.6 is 0 Å². The summed E-state index contributed by atoms with van der Waals surface area (Å²) in [6, 6.07) is 13.4. The van der Waals surface area contributed by atoms with Crippen LogP contribution < -0.4 is 14.8 Å². The zero-order valence-corrected chi connectivity index (χ0v) is 14.8. The predicted octanol–water partition coefficient (Wildman–Crippen LogP) is 4.40. The molecule has 5 nitrogen and oxygen atoms in total. The van der Waals surface area contributed by atoms with Crippen LogP contribution in [0.1, 0.15) is 18.1 Å². The SMILES string of the molecule is CCc1ccc(NC(=O)/C(C#N)=C/c2cccc(OC)c2OC(F)F)cc1. The molecule has 2 aromatic carbocycles. The molecule has 1 amide bonds. The van der Waals surface area contributed by atoms with E-state index in [4.69, 9.17) is 4.74 Å². The van der Waals surface area contributed by atoms with Gasteiger partial charge in [-0.25, -0.2) is 0 Å². The maximum absolute atomic E-state index is 12.7. The third-order valence-corrected chi connectivity index (χ3v) is 3.72. The summed E-state index contributed by atoms with van der Waals surface area (Å²) in [6.07, 6.45) is 2.04. The van der Waals surface area contributed by atoms with E-state index in [1.54, 1.807) is 24.3 Å². The molecule has 0 fully saturated rings. The van der Waals surface area contributed by atoms with Crippen LogP contribution in [0.15, 0.2) is 48.0 Å². The van der Waals surface area contributed by atoms with E-state index in [1.165, 1.54) is 25.3 Å². The summed E-state index contributed by atoms with van der Waals surface area (Å²) in [7, 11) is 1.30. The second-order valence-electron chi connectivity index (χ2n) is 5.43. The van der Waals surface area contributed by atoms with Crippen molar-refractivity contribution in [2.75, 3.05) is 12.4 Å². The van der Waals surface area contributed by atoms with Gasteiger partial charge in [-0.3, -0.25) is 4.79 Å². The number of hydrogen-bond donors (Lipinski definition) is 1. The van der Waals surface area contributed by atoms with Gasteiger partial charge < -0.3 is 14.8 Å². The summed E-state index contributed by atoms with van der Waals surface area (Å²) in [5.74, 6) is -0.840. The van der Waals surface area contributed by atoms with Gasteiger partial charge in [-0.1, -0.05) is 31.2 Å². The number of anilines is 1. The van der Waals surface area contributed by atoms with Crippen molar-refractivity contribution < 1.29 is 23.0 Å². The molecule has 0 unspecified atom stereocenters. The Morgan fingerprint density at radius 2 is 1.96 bits per heavy atom. The summed E-state index contributed by atoms with van der Waals surface area (Å²) >= 11 is 0. The molecule has 140 valence electrons. The zero-order valence-electron chi connectivity index (χ0n) is 14.8. The quantitative estimate of drug-likeness (QED) is 0.577. The maximum Gasteiger partial charge on any atom is 0.387 e. The lowest BCUT2D eigenvalue weighted by Crippen LogP contribution is -2.13. The van der Waals surface area contributed by atoms with Crippen molar-refractivity contribution in [3.8, 4) is 17.6 Å². The highest BCUT2D eigenvalue weighted by molar-refractivity contribution is 6.09. The molecule has 0 bridgehead atoms. The Hall–Kier alpha value is -3.40. The number of nitrogens with zero attached hydrogens (tertiary/aromatic N) is 1. The van der Waals surface area contributed by atoms with Gasteiger partial charge in [-0.05, 0) is 36.3 Å². The Labute approximate surface area is 155 Å². The van der Waals surface area contributed by atoms with Gasteiger partial charge in [0.25, 0.3) is 5.91 Å². The highest BCUT2D eigenvalue weighted by Crippen LogP contribution is 2.34. The van der Waals surface area contributed by atoms with Crippen LogP contribution in [-0.4, -0.2) is 19.6 Å². The molecule has 0 heterocycles. The number of benzene rings is 2. The molecule has 0 atom stereocenters. The number of hydrogen-bond acceptors (Lipinski definition) is 4. The number of aryl methyl sites for hydroxylation is 1. The van der Waals surface area contributed by atoms with Crippen molar-refractivity contribution >= 4 is 17.7 Å². The fourth-order valence-electron chi connectivity index (χ4n) is 2.35. The van der Waals surface area contributed by atoms with Crippen LogP contribution in [0, 0.1) is 11.3 Å². The molecule has 0 saturated carbocycles. The number of amides is 1. The number of carbonyl (C=O) groups is 1. The molecular weight excluding hydrogens is 354 g/mol. The Morgan fingerprint density at radius 1 is 1.26 bits per heavy atom. The average Bonchev–Trinajstić information content (AvgIpc) is 2.67. The van der Waals surface area contributed by atoms with E-state index in [2.05, 4.69) is 10.1 Å². The first-order valence-corrected chi connectivity index (χ1v) is 8.12. The molecule has 0 aliphatic carbocycles. The number of para-hydroxylation sites is 1. The molecule has 1 N–H and O–H groups in total. The lowest BCUT2D eigenvalue weighted by atomic mass is 10.1. The summed E-state index contributed by atoms with van der Waals surface area (Å²) in [6.45, 7) is -1.07. The largest absolute Gasteiger partial charge is 0.493 e. The summed E-state index contributed by atoms with van der Waals surface area (Å²) < 4.78 is 34.9. The van der Waals surface area contributed by atoms with Crippen molar-refractivity contribution in [2.24, 2.45) is 0 Å². The minimum absolute atomic E-state index is 0.0666. The minimum atomic E-state index is -3.08. The lowest BCUT2D eigenvalue weighted by molar-refractivity contribution is -0.112. The molecule has 27 heavy (non-hydrogen) atoms. The molecular formula is C20H18F2N2O3. The van der Waals surface area contributed by atoms with Crippen molar-refractivity contribution in [1.29, 1.82) is 5.26 Å². The van der Waals surface area contributed by atoms with Crippen LogP contribution in [0.25, 0.3) is 6.08 Å². The fraction of sp³-hybridized carbons (Fsp3) is 0.200. The molecule has 2 aromatic rings. The Kier molecular flexibility index (Phi) is 6.89. The number of carbonyl (C=O) groups excluding carboxylic acids is 1. The van der Waals surface area contributed by atoms with E-state index in [0.717, 1.165) is 12.0 Å². The number of halogens is 2. The van der Waals surface area contributed by atoms with Gasteiger partial charge in [-0.15, -0.1) is 0 Å². The fourth-order valence-corrected chi connectivity index (χ4v) is 2.35. The highest BCUT2D eigenvalue weighted by Gasteiger charge is 2.17. The van der Waals surface area contributed by atoms with Crippen LogP contribution in [-0.2, 0) is 11.2 Å². The number of rotatable bonds is 7. The Bertz CT molecular complexity index is 872. The van der Waals surface area contributed by atoms with E-state index < -0.39 is 12.5 Å². The van der Waals surface area contributed by atoms with Gasteiger partial charge in [0, 0.05) is 11.3 Å². The van der Waals surface area contributed by atoms with Crippen molar-refractivity contribution in [1.82, 2.24) is 0 Å². The first-order valence-electron chi connectivity index (χ1n) is 8.12. The van der Waals surface area contributed by atoms with Gasteiger partial charge in [0.1, 0.15) is 11.6 Å². The molecule has 2 rings (SSSR count). The Balaban J connectivity index is 2.31. The van der Waals surface area contributed by atoms with Crippen molar-refractivity contribution in [3.05, 3.63) is 59.2 Å². The number of nitrogens with one attached hydrogen (secondary N) is 1. The topological polar surface area (TPSA) is 71.4 Å². The standard InChI is InChI=1S/C20H18F2N2O3/c1-3-13-7-9-16(10-8-13)24-19(25)15(12-23)11-14-5-4-6-17(26-2)18(14)27-20(21)22/h4-11,20H,3H2,1-2H3,(H,24,25)/b15-11+. The van der Waals surface area contributed by atoms with E-state index in [-0.39, 0.29) is 22.6 Å². The number of ether oxygens (including phenoxy) is 2. The monoisotopic (exact) mass is 372 g/mol. The first kappa shape index (κ1) is 19.9. The van der Waals surface area contributed by atoms with Gasteiger partial charge in [-0.2, -0.15) is 14.0 Å².